The largest absolute Gasteiger partial charge is 0.462 e. The standard InChI is InChI=1S/C25H34FN3O6/c1-5-33-23(31)18-6-7-19(22(21(18)26)27-15-17-10-13-34-17)28-20(30)14-16-8-11-29(12-9-16)24(32)35-25(2,3)4/h6-7,14,17,27H,5,8-13,15H2,1-4H3,(H,28,30)/t17-/m0/s1. The third-order valence-corrected chi connectivity index (χ3v) is 5.59. The summed E-state index contributed by atoms with van der Waals surface area (Å²) in [5.74, 6) is -1.99. The lowest BCUT2D eigenvalue weighted by atomic mass is 10.0. The molecule has 0 spiro atoms. The van der Waals surface area contributed by atoms with Crippen molar-refractivity contribution in [2.45, 2.75) is 58.7 Å². The van der Waals surface area contributed by atoms with E-state index in [9.17, 15) is 14.4 Å². The maximum absolute atomic E-state index is 15.2. The SMILES string of the molecule is CCOC(=O)c1ccc(NC(=O)C=C2CCN(C(=O)OC(C)(C)C)CC2)c(NC[C@@H]2CCO2)c1F. The molecule has 2 aliphatic rings. The van der Waals surface area contributed by atoms with Gasteiger partial charge in [-0.25, -0.2) is 14.0 Å². The van der Waals surface area contributed by atoms with Gasteiger partial charge in [0.25, 0.3) is 0 Å². The molecule has 0 aliphatic carbocycles. The Balaban J connectivity index is 1.67. The molecule has 0 saturated carbocycles. The summed E-state index contributed by atoms with van der Waals surface area (Å²) in [6, 6.07) is 2.77. The summed E-state index contributed by atoms with van der Waals surface area (Å²) in [5, 5.41) is 5.67. The van der Waals surface area contributed by atoms with Gasteiger partial charge < -0.3 is 29.7 Å². The van der Waals surface area contributed by atoms with Crippen LogP contribution < -0.4 is 10.6 Å². The maximum atomic E-state index is 15.2. The van der Waals surface area contributed by atoms with Gasteiger partial charge in [-0.05, 0) is 59.1 Å². The monoisotopic (exact) mass is 491 g/mol. The highest BCUT2D eigenvalue weighted by Crippen LogP contribution is 2.30. The second-order valence-electron chi connectivity index (χ2n) is 9.49. The molecule has 2 fully saturated rings. The molecule has 3 rings (SSSR count). The Morgan fingerprint density at radius 2 is 1.91 bits per heavy atom. The molecule has 192 valence electrons. The van der Waals surface area contributed by atoms with Gasteiger partial charge in [-0.2, -0.15) is 0 Å². The van der Waals surface area contributed by atoms with Crippen LogP contribution in [-0.4, -0.2) is 67.4 Å². The predicted octanol–water partition coefficient (Wildman–Crippen LogP) is 4.10. The Bertz CT molecular complexity index is 974. The van der Waals surface area contributed by atoms with E-state index >= 15 is 4.39 Å². The fourth-order valence-electron chi connectivity index (χ4n) is 3.68. The van der Waals surface area contributed by atoms with E-state index in [1.165, 1.54) is 18.2 Å². The van der Waals surface area contributed by atoms with Crippen LogP contribution in [0.3, 0.4) is 0 Å². The minimum absolute atomic E-state index is 0.0116. The lowest BCUT2D eigenvalue weighted by Gasteiger charge is -2.31. The maximum Gasteiger partial charge on any atom is 0.410 e. The fraction of sp³-hybridized carbons (Fsp3) is 0.560. The Morgan fingerprint density at radius 3 is 2.49 bits per heavy atom. The number of amides is 2. The Labute approximate surface area is 205 Å². The number of piperidine rings is 1. The number of anilines is 2. The van der Waals surface area contributed by atoms with Crippen molar-refractivity contribution in [2.24, 2.45) is 0 Å². The van der Waals surface area contributed by atoms with Crippen LogP contribution in [-0.2, 0) is 19.0 Å². The van der Waals surface area contributed by atoms with E-state index in [1.807, 2.05) is 20.8 Å². The quantitative estimate of drug-likeness (QED) is 0.437. The highest BCUT2D eigenvalue weighted by Gasteiger charge is 2.26. The first-order valence-corrected chi connectivity index (χ1v) is 11.9. The van der Waals surface area contributed by atoms with Gasteiger partial charge in [0.15, 0.2) is 5.82 Å². The molecule has 0 aromatic heterocycles. The zero-order valence-electron chi connectivity index (χ0n) is 20.7. The van der Waals surface area contributed by atoms with Crippen molar-refractivity contribution in [3.05, 3.63) is 35.2 Å². The van der Waals surface area contributed by atoms with Crippen molar-refractivity contribution in [3.8, 4) is 0 Å². The number of likely N-dealkylation sites (tertiary alicyclic amines) is 1. The summed E-state index contributed by atoms with van der Waals surface area (Å²) in [4.78, 5) is 38.7. The van der Waals surface area contributed by atoms with E-state index < -0.39 is 23.3 Å². The Morgan fingerprint density at radius 1 is 1.23 bits per heavy atom. The van der Waals surface area contributed by atoms with Crippen molar-refractivity contribution >= 4 is 29.3 Å². The first-order chi connectivity index (χ1) is 16.6. The normalized spacial score (nSPS) is 17.8. The number of esters is 1. The van der Waals surface area contributed by atoms with E-state index in [0.29, 0.717) is 39.1 Å². The fourth-order valence-corrected chi connectivity index (χ4v) is 3.68. The van der Waals surface area contributed by atoms with Gasteiger partial charge in [-0.1, -0.05) is 5.57 Å². The number of carbonyl (C=O) groups is 3. The first-order valence-electron chi connectivity index (χ1n) is 11.9. The number of nitrogens with one attached hydrogen (secondary N) is 2. The highest BCUT2D eigenvalue weighted by atomic mass is 19.1. The molecule has 10 heteroatoms. The topological polar surface area (TPSA) is 106 Å². The molecule has 0 unspecified atom stereocenters. The number of carbonyl (C=O) groups excluding carboxylic acids is 3. The summed E-state index contributed by atoms with van der Waals surface area (Å²) >= 11 is 0. The molecule has 2 N–H and O–H groups in total. The van der Waals surface area contributed by atoms with E-state index in [0.717, 1.165) is 12.0 Å². The number of hydrogen-bond donors (Lipinski definition) is 2. The summed E-state index contributed by atoms with van der Waals surface area (Å²) in [6.45, 7) is 9.10. The predicted molar refractivity (Wildman–Crippen MR) is 129 cm³/mol. The van der Waals surface area contributed by atoms with E-state index in [-0.39, 0.29) is 35.7 Å². The van der Waals surface area contributed by atoms with Gasteiger partial charge in [-0.3, -0.25) is 4.79 Å². The molecule has 9 nitrogen and oxygen atoms in total. The van der Waals surface area contributed by atoms with Crippen LogP contribution >= 0.6 is 0 Å². The minimum Gasteiger partial charge on any atom is -0.462 e. The molecule has 2 heterocycles. The molecule has 2 saturated heterocycles. The summed E-state index contributed by atoms with van der Waals surface area (Å²) in [5.41, 5.74) is 0.320. The number of hydrogen-bond acceptors (Lipinski definition) is 7. The molecule has 35 heavy (non-hydrogen) atoms. The average Bonchev–Trinajstić information content (AvgIpc) is 2.74. The van der Waals surface area contributed by atoms with Crippen LogP contribution in [0.1, 0.15) is 57.3 Å². The van der Waals surface area contributed by atoms with Crippen LogP contribution in [0.2, 0.25) is 0 Å². The van der Waals surface area contributed by atoms with Crippen molar-refractivity contribution in [1.82, 2.24) is 4.90 Å². The molecule has 2 aliphatic heterocycles. The number of rotatable bonds is 7. The van der Waals surface area contributed by atoms with Gasteiger partial charge in [-0.15, -0.1) is 0 Å². The van der Waals surface area contributed by atoms with Crippen LogP contribution in [0.4, 0.5) is 20.6 Å². The smallest absolute Gasteiger partial charge is 0.410 e. The van der Waals surface area contributed by atoms with Crippen LogP contribution in [0.25, 0.3) is 0 Å². The molecular weight excluding hydrogens is 457 g/mol. The summed E-state index contributed by atoms with van der Waals surface area (Å²) in [7, 11) is 0. The van der Waals surface area contributed by atoms with Crippen LogP contribution in [0.15, 0.2) is 23.8 Å². The minimum atomic E-state index is -0.793. The summed E-state index contributed by atoms with van der Waals surface area (Å²) < 4.78 is 30.9. The van der Waals surface area contributed by atoms with E-state index in [1.54, 1.807) is 11.8 Å². The molecule has 0 bridgehead atoms. The molecule has 1 aromatic carbocycles. The van der Waals surface area contributed by atoms with Gasteiger partial charge in [0.2, 0.25) is 5.91 Å². The van der Waals surface area contributed by atoms with E-state index in [2.05, 4.69) is 10.6 Å². The van der Waals surface area contributed by atoms with E-state index in [4.69, 9.17) is 14.2 Å². The van der Waals surface area contributed by atoms with Gasteiger partial charge in [0.05, 0.1) is 29.6 Å². The number of benzene rings is 1. The first kappa shape index (κ1) is 26.5. The third kappa shape index (κ3) is 7.42. The van der Waals surface area contributed by atoms with Crippen molar-refractivity contribution in [2.75, 3.05) is 43.5 Å². The van der Waals surface area contributed by atoms with Crippen LogP contribution in [0, 0.1) is 5.82 Å². The average molecular weight is 492 g/mol. The van der Waals surface area contributed by atoms with Crippen molar-refractivity contribution < 1.29 is 33.0 Å². The van der Waals surface area contributed by atoms with Gasteiger partial charge in [0.1, 0.15) is 5.60 Å². The van der Waals surface area contributed by atoms with Crippen molar-refractivity contribution in [1.29, 1.82) is 0 Å². The lowest BCUT2D eigenvalue weighted by Crippen LogP contribution is -2.40. The molecule has 1 aromatic rings. The molecule has 1 atom stereocenters. The number of halogens is 1. The zero-order valence-corrected chi connectivity index (χ0v) is 20.7. The zero-order chi connectivity index (χ0) is 25.6. The van der Waals surface area contributed by atoms with Gasteiger partial charge in [0, 0.05) is 32.3 Å². The number of nitrogens with zero attached hydrogens (tertiary/aromatic N) is 1. The Kier molecular flexibility index (Phi) is 8.71. The molecule has 2 amide bonds. The van der Waals surface area contributed by atoms with Crippen LogP contribution in [0.5, 0.6) is 0 Å². The van der Waals surface area contributed by atoms with Gasteiger partial charge >= 0.3 is 12.1 Å². The highest BCUT2D eigenvalue weighted by molar-refractivity contribution is 6.03. The summed E-state index contributed by atoms with van der Waals surface area (Å²) in [6.07, 6.45) is 2.97. The second kappa shape index (κ2) is 11.5. The lowest BCUT2D eigenvalue weighted by molar-refractivity contribution is -0.112. The molecular formula is C25H34FN3O6. The molecule has 0 radical (unpaired) electrons. The third-order valence-electron chi connectivity index (χ3n) is 5.59. The second-order valence-corrected chi connectivity index (χ2v) is 9.49. The Hall–Kier alpha value is -3.14. The number of ether oxygens (including phenoxy) is 3. The van der Waals surface area contributed by atoms with Crippen molar-refractivity contribution in [3.63, 3.8) is 0 Å².